The molecule has 0 fully saturated rings. The van der Waals surface area contributed by atoms with Gasteiger partial charge < -0.3 is 10.8 Å². The molecule has 2 aromatic rings. The number of anilines is 1. The fourth-order valence-corrected chi connectivity index (χ4v) is 2.56. The molecule has 68 valence electrons. The Bertz CT molecular complexity index is 450. The van der Waals surface area contributed by atoms with Gasteiger partial charge in [0, 0.05) is 15.2 Å². The number of hydrogen-bond donors (Lipinski definition) is 3. The highest BCUT2D eigenvalue weighted by molar-refractivity contribution is 7.81. The average Bonchev–Trinajstić information content (AvgIpc) is 2.59. The highest BCUT2D eigenvalue weighted by atomic mass is 32.1. The number of benzene rings is 1. The van der Waals surface area contributed by atoms with Crippen LogP contribution in [0.3, 0.4) is 0 Å². The van der Waals surface area contributed by atoms with Crippen molar-refractivity contribution in [1.29, 1.82) is 0 Å². The van der Waals surface area contributed by atoms with Gasteiger partial charge in [0.1, 0.15) is 0 Å². The summed E-state index contributed by atoms with van der Waals surface area (Å²) in [6.07, 6.45) is 0. The van der Waals surface area contributed by atoms with Crippen molar-refractivity contribution in [3.8, 4) is 0 Å². The van der Waals surface area contributed by atoms with Crippen LogP contribution in [0.15, 0.2) is 22.4 Å². The summed E-state index contributed by atoms with van der Waals surface area (Å²) in [6.45, 7) is -0.0365. The maximum Gasteiger partial charge on any atom is 0.0702 e. The molecule has 3 N–H and O–H groups in total. The minimum absolute atomic E-state index is 0.0365. The molecule has 2 nitrogen and oxygen atoms in total. The topological polar surface area (TPSA) is 46.2 Å². The van der Waals surface area contributed by atoms with E-state index in [0.717, 1.165) is 20.5 Å². The third kappa shape index (κ3) is 1.31. The van der Waals surface area contributed by atoms with Gasteiger partial charge >= 0.3 is 0 Å². The Kier molecular flexibility index (Phi) is 2.19. The Morgan fingerprint density at radius 2 is 2.31 bits per heavy atom. The average molecular weight is 211 g/mol. The number of hydrogen-bond acceptors (Lipinski definition) is 4. The van der Waals surface area contributed by atoms with Crippen LogP contribution in [0.25, 0.3) is 10.1 Å². The molecule has 0 saturated heterocycles. The molecule has 0 atom stereocenters. The van der Waals surface area contributed by atoms with Crippen LogP contribution in [0.2, 0.25) is 0 Å². The maximum atomic E-state index is 9.03. The molecule has 1 heterocycles. The molecule has 0 spiro atoms. The van der Waals surface area contributed by atoms with Crippen LogP contribution in [0.1, 0.15) is 5.56 Å². The summed E-state index contributed by atoms with van der Waals surface area (Å²) in [5.41, 5.74) is 7.12. The number of fused-ring (bicyclic) bond motifs is 1. The monoisotopic (exact) mass is 211 g/mol. The first-order valence-electron chi connectivity index (χ1n) is 3.82. The standard InChI is InChI=1S/C9H9NOS2/c10-7-6(4-11)3-5-1-2-13-9(5)8(7)12/h1-3,11-12H,4,10H2. The van der Waals surface area contributed by atoms with Crippen LogP contribution in [-0.4, -0.2) is 5.11 Å². The molecule has 0 aliphatic rings. The van der Waals surface area contributed by atoms with E-state index in [1.54, 1.807) is 11.3 Å². The van der Waals surface area contributed by atoms with Crippen molar-refractivity contribution < 1.29 is 5.11 Å². The number of nitrogen functional groups attached to an aromatic ring is 1. The van der Waals surface area contributed by atoms with E-state index in [1.165, 1.54) is 0 Å². The van der Waals surface area contributed by atoms with E-state index in [9.17, 15) is 0 Å². The van der Waals surface area contributed by atoms with Crippen LogP contribution in [0, 0.1) is 0 Å². The van der Waals surface area contributed by atoms with Gasteiger partial charge in [-0.15, -0.1) is 24.0 Å². The van der Waals surface area contributed by atoms with Gasteiger partial charge in [0.25, 0.3) is 0 Å². The SMILES string of the molecule is Nc1c(CO)cc2ccsc2c1S. The van der Waals surface area contributed by atoms with E-state index >= 15 is 0 Å². The molecular formula is C9H9NOS2. The normalized spacial score (nSPS) is 10.9. The van der Waals surface area contributed by atoms with Crippen molar-refractivity contribution in [2.75, 3.05) is 5.73 Å². The zero-order valence-electron chi connectivity index (χ0n) is 6.82. The van der Waals surface area contributed by atoms with Gasteiger partial charge in [0.2, 0.25) is 0 Å². The number of nitrogens with two attached hydrogens (primary N) is 1. The van der Waals surface area contributed by atoms with Crippen molar-refractivity contribution in [2.24, 2.45) is 0 Å². The number of thiol groups is 1. The van der Waals surface area contributed by atoms with Crippen LogP contribution in [0.4, 0.5) is 5.69 Å². The minimum Gasteiger partial charge on any atom is -0.397 e. The predicted octanol–water partition coefficient (Wildman–Crippen LogP) is 2.26. The summed E-state index contributed by atoms with van der Waals surface area (Å²) < 4.78 is 1.08. The Hall–Kier alpha value is -0.710. The Morgan fingerprint density at radius 3 is 3.00 bits per heavy atom. The van der Waals surface area contributed by atoms with Gasteiger partial charge in [-0.3, -0.25) is 0 Å². The lowest BCUT2D eigenvalue weighted by molar-refractivity contribution is 0.282. The van der Waals surface area contributed by atoms with Gasteiger partial charge in [-0.25, -0.2) is 0 Å². The summed E-state index contributed by atoms with van der Waals surface area (Å²) in [6, 6.07) is 3.90. The maximum absolute atomic E-state index is 9.03. The van der Waals surface area contributed by atoms with Gasteiger partial charge in [0.15, 0.2) is 0 Å². The lowest BCUT2D eigenvalue weighted by atomic mass is 10.1. The fraction of sp³-hybridized carbons (Fsp3) is 0.111. The molecule has 0 bridgehead atoms. The first kappa shape index (κ1) is 8.87. The lowest BCUT2D eigenvalue weighted by Crippen LogP contribution is -1.95. The zero-order valence-corrected chi connectivity index (χ0v) is 8.53. The molecule has 2 rings (SSSR count). The summed E-state index contributed by atoms with van der Waals surface area (Å²) in [4.78, 5) is 0.775. The molecule has 13 heavy (non-hydrogen) atoms. The molecular weight excluding hydrogens is 202 g/mol. The van der Waals surface area contributed by atoms with Crippen molar-refractivity contribution >= 4 is 39.7 Å². The van der Waals surface area contributed by atoms with Crippen LogP contribution < -0.4 is 5.73 Å². The second-order valence-electron chi connectivity index (χ2n) is 2.80. The van der Waals surface area contributed by atoms with E-state index in [4.69, 9.17) is 10.8 Å². The van der Waals surface area contributed by atoms with Crippen molar-refractivity contribution in [2.45, 2.75) is 11.5 Å². The van der Waals surface area contributed by atoms with Crippen LogP contribution in [-0.2, 0) is 6.61 Å². The second-order valence-corrected chi connectivity index (χ2v) is 4.16. The van der Waals surface area contributed by atoms with Crippen molar-refractivity contribution in [3.05, 3.63) is 23.1 Å². The summed E-state index contributed by atoms with van der Waals surface area (Å²) >= 11 is 5.94. The number of thiophene rings is 1. The van der Waals surface area contributed by atoms with Gasteiger partial charge in [-0.2, -0.15) is 0 Å². The first-order valence-corrected chi connectivity index (χ1v) is 5.15. The van der Waals surface area contributed by atoms with Crippen molar-refractivity contribution in [3.63, 3.8) is 0 Å². The molecule has 0 aliphatic carbocycles. The zero-order chi connectivity index (χ0) is 9.42. The van der Waals surface area contributed by atoms with Gasteiger partial charge in [0.05, 0.1) is 12.3 Å². The number of aliphatic hydroxyl groups is 1. The molecule has 0 amide bonds. The van der Waals surface area contributed by atoms with E-state index in [-0.39, 0.29) is 6.61 Å². The molecule has 0 unspecified atom stereocenters. The Labute approximate surface area is 85.4 Å². The lowest BCUT2D eigenvalue weighted by Gasteiger charge is -2.06. The van der Waals surface area contributed by atoms with Gasteiger partial charge in [-0.1, -0.05) is 0 Å². The highest BCUT2D eigenvalue weighted by Gasteiger charge is 2.07. The largest absolute Gasteiger partial charge is 0.397 e. The van der Waals surface area contributed by atoms with Crippen LogP contribution >= 0.6 is 24.0 Å². The Balaban J connectivity index is 2.83. The summed E-state index contributed by atoms with van der Waals surface area (Å²) in [5, 5.41) is 12.1. The third-order valence-electron chi connectivity index (χ3n) is 2.01. The fourth-order valence-electron chi connectivity index (χ4n) is 1.30. The van der Waals surface area contributed by atoms with E-state index in [2.05, 4.69) is 12.6 Å². The van der Waals surface area contributed by atoms with E-state index in [1.807, 2.05) is 17.5 Å². The molecule has 0 aliphatic heterocycles. The predicted molar refractivity (Wildman–Crippen MR) is 59.4 cm³/mol. The van der Waals surface area contributed by atoms with E-state index in [0.29, 0.717) is 5.69 Å². The minimum atomic E-state index is -0.0365. The third-order valence-corrected chi connectivity index (χ3v) is 3.58. The molecule has 1 aromatic heterocycles. The molecule has 0 saturated carbocycles. The Morgan fingerprint density at radius 1 is 1.54 bits per heavy atom. The molecule has 1 aromatic carbocycles. The van der Waals surface area contributed by atoms with Crippen LogP contribution in [0.5, 0.6) is 0 Å². The van der Waals surface area contributed by atoms with Gasteiger partial charge in [-0.05, 0) is 22.9 Å². The second kappa shape index (κ2) is 3.21. The summed E-state index contributed by atoms with van der Waals surface area (Å²) in [5.74, 6) is 0. The summed E-state index contributed by atoms with van der Waals surface area (Å²) in [7, 11) is 0. The van der Waals surface area contributed by atoms with E-state index < -0.39 is 0 Å². The highest BCUT2D eigenvalue weighted by Crippen LogP contribution is 2.34. The quantitative estimate of drug-likeness (QED) is 0.500. The van der Waals surface area contributed by atoms with Crippen molar-refractivity contribution in [1.82, 2.24) is 0 Å². The first-order chi connectivity index (χ1) is 6.24. The smallest absolute Gasteiger partial charge is 0.0702 e. The molecule has 0 radical (unpaired) electrons. The number of aliphatic hydroxyl groups excluding tert-OH is 1. The number of rotatable bonds is 1. The molecule has 4 heteroatoms.